The average Bonchev–Trinajstić information content (AvgIpc) is 2.58. The minimum atomic E-state index is -3.15. The van der Waals surface area contributed by atoms with Gasteiger partial charge in [-0.25, -0.2) is 8.42 Å². The molecule has 0 saturated heterocycles. The molecule has 1 fully saturated rings. The smallest absolute Gasteiger partial charge is 0.166 e. The first kappa shape index (κ1) is 10.5. The lowest BCUT2D eigenvalue weighted by molar-refractivity contribution is 0.526. The lowest BCUT2D eigenvalue weighted by Gasteiger charge is -2.15. The fourth-order valence-corrected chi connectivity index (χ4v) is 3.30. The molecule has 1 atom stereocenters. The van der Waals surface area contributed by atoms with Gasteiger partial charge in [-0.1, -0.05) is 19.8 Å². The van der Waals surface area contributed by atoms with Crippen molar-refractivity contribution in [3.05, 3.63) is 0 Å². The standard InChI is InChI=1S/C9H15NO2S/c1-2-13(11,12)9(7-10)8-5-3-4-6-8/h8-9H,2-6H2,1H3/t9-/m0/s1. The van der Waals surface area contributed by atoms with Crippen LogP contribution in [-0.2, 0) is 9.84 Å². The van der Waals surface area contributed by atoms with Crippen LogP contribution in [0.4, 0.5) is 0 Å². The van der Waals surface area contributed by atoms with Gasteiger partial charge in [0.15, 0.2) is 15.1 Å². The van der Waals surface area contributed by atoms with Crippen LogP contribution in [0, 0.1) is 17.2 Å². The minimum Gasteiger partial charge on any atom is -0.227 e. The van der Waals surface area contributed by atoms with Crippen molar-refractivity contribution in [2.75, 3.05) is 5.75 Å². The number of rotatable bonds is 3. The first-order valence-corrected chi connectivity index (χ1v) is 6.44. The van der Waals surface area contributed by atoms with Crippen molar-refractivity contribution in [3.63, 3.8) is 0 Å². The summed E-state index contributed by atoms with van der Waals surface area (Å²) in [5.74, 6) is 0.178. The zero-order valence-electron chi connectivity index (χ0n) is 7.86. The Morgan fingerprint density at radius 1 is 1.46 bits per heavy atom. The van der Waals surface area contributed by atoms with Gasteiger partial charge >= 0.3 is 0 Å². The van der Waals surface area contributed by atoms with Crippen LogP contribution in [-0.4, -0.2) is 19.4 Å². The predicted molar refractivity (Wildman–Crippen MR) is 50.8 cm³/mol. The van der Waals surface area contributed by atoms with Gasteiger partial charge in [-0.2, -0.15) is 5.26 Å². The summed E-state index contributed by atoms with van der Waals surface area (Å²) in [5.41, 5.74) is 0. The summed E-state index contributed by atoms with van der Waals surface area (Å²) in [6.45, 7) is 1.61. The Hall–Kier alpha value is -0.560. The first-order chi connectivity index (χ1) is 6.11. The number of sulfone groups is 1. The fraction of sp³-hybridized carbons (Fsp3) is 0.889. The molecule has 0 bridgehead atoms. The van der Waals surface area contributed by atoms with E-state index in [1.807, 2.05) is 6.07 Å². The van der Waals surface area contributed by atoms with Gasteiger partial charge < -0.3 is 0 Å². The van der Waals surface area contributed by atoms with Gasteiger partial charge in [0.25, 0.3) is 0 Å². The van der Waals surface area contributed by atoms with Gasteiger partial charge in [-0.05, 0) is 18.8 Å². The normalized spacial score (nSPS) is 21.2. The molecular weight excluding hydrogens is 186 g/mol. The lowest BCUT2D eigenvalue weighted by Crippen LogP contribution is -2.28. The molecule has 0 N–H and O–H groups in total. The molecule has 4 heteroatoms. The molecule has 0 aromatic rings. The molecule has 1 rings (SSSR count). The quantitative estimate of drug-likeness (QED) is 0.695. The summed E-state index contributed by atoms with van der Waals surface area (Å²) in [7, 11) is -3.15. The van der Waals surface area contributed by atoms with Gasteiger partial charge in [0, 0.05) is 5.75 Å². The average molecular weight is 201 g/mol. The number of nitrogens with zero attached hydrogens (tertiary/aromatic N) is 1. The van der Waals surface area contributed by atoms with E-state index in [9.17, 15) is 8.42 Å². The number of hydrogen-bond acceptors (Lipinski definition) is 3. The van der Waals surface area contributed by atoms with Gasteiger partial charge in [0.05, 0.1) is 6.07 Å². The van der Waals surface area contributed by atoms with Crippen molar-refractivity contribution in [2.45, 2.75) is 37.9 Å². The molecule has 0 amide bonds. The molecule has 0 unspecified atom stereocenters. The highest BCUT2D eigenvalue weighted by Gasteiger charge is 2.33. The SMILES string of the molecule is CCS(=O)(=O)[C@@H](C#N)C1CCCC1. The van der Waals surface area contributed by atoms with Crippen molar-refractivity contribution < 1.29 is 8.42 Å². The Bertz CT molecular complexity index is 296. The number of hydrogen-bond donors (Lipinski definition) is 0. The third-order valence-electron chi connectivity index (χ3n) is 2.74. The van der Waals surface area contributed by atoms with E-state index < -0.39 is 15.1 Å². The molecule has 0 radical (unpaired) electrons. The molecule has 0 aromatic heterocycles. The van der Waals surface area contributed by atoms with Gasteiger partial charge in [-0.3, -0.25) is 0 Å². The van der Waals surface area contributed by atoms with E-state index in [-0.39, 0.29) is 11.7 Å². The fourth-order valence-electron chi connectivity index (χ4n) is 1.92. The second-order valence-electron chi connectivity index (χ2n) is 3.55. The molecule has 1 saturated carbocycles. The Morgan fingerprint density at radius 2 is 2.00 bits per heavy atom. The second-order valence-corrected chi connectivity index (χ2v) is 5.96. The van der Waals surface area contributed by atoms with Gasteiger partial charge in [0.1, 0.15) is 0 Å². The third-order valence-corrected chi connectivity index (χ3v) is 4.81. The van der Waals surface area contributed by atoms with Crippen molar-refractivity contribution in [1.29, 1.82) is 5.26 Å². The van der Waals surface area contributed by atoms with Crippen molar-refractivity contribution >= 4 is 9.84 Å². The van der Waals surface area contributed by atoms with E-state index in [0.717, 1.165) is 25.7 Å². The summed E-state index contributed by atoms with van der Waals surface area (Å²) in [4.78, 5) is 0. The van der Waals surface area contributed by atoms with E-state index in [1.54, 1.807) is 6.92 Å². The highest BCUT2D eigenvalue weighted by molar-refractivity contribution is 7.92. The van der Waals surface area contributed by atoms with Crippen LogP contribution in [0.15, 0.2) is 0 Å². The van der Waals surface area contributed by atoms with Crippen LogP contribution in [0.5, 0.6) is 0 Å². The Morgan fingerprint density at radius 3 is 2.38 bits per heavy atom. The molecular formula is C9H15NO2S. The predicted octanol–water partition coefficient (Wildman–Crippen LogP) is 1.50. The highest BCUT2D eigenvalue weighted by Crippen LogP contribution is 2.30. The summed E-state index contributed by atoms with van der Waals surface area (Å²) >= 11 is 0. The molecule has 13 heavy (non-hydrogen) atoms. The molecule has 74 valence electrons. The van der Waals surface area contributed by atoms with Crippen LogP contribution in [0.25, 0.3) is 0 Å². The maximum atomic E-state index is 11.5. The van der Waals surface area contributed by atoms with E-state index >= 15 is 0 Å². The van der Waals surface area contributed by atoms with Crippen LogP contribution in [0.2, 0.25) is 0 Å². The summed E-state index contributed by atoms with van der Waals surface area (Å²) < 4.78 is 23.0. The zero-order chi connectivity index (χ0) is 9.90. The van der Waals surface area contributed by atoms with Crippen LogP contribution in [0.1, 0.15) is 32.6 Å². The summed E-state index contributed by atoms with van der Waals surface area (Å²) in [6.07, 6.45) is 3.94. The Balaban J connectivity index is 2.79. The van der Waals surface area contributed by atoms with E-state index in [0.29, 0.717) is 0 Å². The molecule has 1 aliphatic carbocycles. The monoisotopic (exact) mass is 201 g/mol. The Kier molecular flexibility index (Phi) is 3.32. The van der Waals surface area contributed by atoms with Crippen LogP contribution >= 0.6 is 0 Å². The topological polar surface area (TPSA) is 57.9 Å². The van der Waals surface area contributed by atoms with Gasteiger partial charge in [-0.15, -0.1) is 0 Å². The Labute approximate surface area is 79.7 Å². The highest BCUT2D eigenvalue weighted by atomic mass is 32.2. The molecule has 0 aliphatic heterocycles. The third kappa shape index (κ3) is 2.22. The molecule has 0 aromatic carbocycles. The van der Waals surface area contributed by atoms with Crippen molar-refractivity contribution in [3.8, 4) is 6.07 Å². The maximum absolute atomic E-state index is 11.5. The lowest BCUT2D eigenvalue weighted by atomic mass is 10.1. The molecule has 0 spiro atoms. The summed E-state index contributed by atoms with van der Waals surface area (Å²) in [6, 6.07) is 1.95. The van der Waals surface area contributed by atoms with Crippen molar-refractivity contribution in [1.82, 2.24) is 0 Å². The first-order valence-electron chi connectivity index (χ1n) is 4.73. The molecule has 1 aliphatic rings. The van der Waals surface area contributed by atoms with Crippen LogP contribution in [0.3, 0.4) is 0 Å². The van der Waals surface area contributed by atoms with E-state index in [2.05, 4.69) is 0 Å². The largest absolute Gasteiger partial charge is 0.227 e. The van der Waals surface area contributed by atoms with E-state index in [4.69, 9.17) is 5.26 Å². The second kappa shape index (κ2) is 4.10. The van der Waals surface area contributed by atoms with Crippen LogP contribution < -0.4 is 0 Å². The minimum absolute atomic E-state index is 0.0850. The van der Waals surface area contributed by atoms with E-state index in [1.165, 1.54) is 0 Å². The molecule has 0 heterocycles. The zero-order valence-corrected chi connectivity index (χ0v) is 8.68. The van der Waals surface area contributed by atoms with Crippen molar-refractivity contribution in [2.24, 2.45) is 5.92 Å². The van der Waals surface area contributed by atoms with Gasteiger partial charge in [0.2, 0.25) is 0 Å². The summed E-state index contributed by atoms with van der Waals surface area (Å²) in [5, 5.41) is 8.07. The number of nitriles is 1. The maximum Gasteiger partial charge on any atom is 0.166 e. The molecule has 3 nitrogen and oxygen atoms in total.